The van der Waals surface area contributed by atoms with Gasteiger partial charge in [0, 0.05) is 0 Å². The van der Waals surface area contributed by atoms with E-state index in [4.69, 9.17) is 9.47 Å². The molecule has 0 unspecified atom stereocenters. The van der Waals surface area contributed by atoms with Crippen LogP contribution in [0.4, 0.5) is 0 Å². The van der Waals surface area contributed by atoms with Crippen molar-refractivity contribution >= 4 is 11.9 Å². The molecule has 0 aliphatic heterocycles. The van der Waals surface area contributed by atoms with Crippen LogP contribution < -0.4 is 21.8 Å². The number of hydrogen-bond donors (Lipinski definition) is 2. The Balaban J connectivity index is 0.00000180. The maximum Gasteiger partial charge on any atom is 0.423 e. The Morgan fingerprint density at radius 1 is 0.600 bits per heavy atom. The fourth-order valence-electron chi connectivity index (χ4n) is 1.27. The maximum absolute atomic E-state index is 11.4. The largest absolute Gasteiger partial charge is 0.423 e. The molecule has 2 aromatic rings. The summed E-state index contributed by atoms with van der Waals surface area (Å²) in [7, 11) is 0. The lowest BCUT2D eigenvalue weighted by atomic mass is 10.3. The molecular formula is C14H16N2O4. The number of carbonyl (C=O) groups is 2. The summed E-state index contributed by atoms with van der Waals surface area (Å²) in [5.41, 5.74) is 0. The van der Waals surface area contributed by atoms with Crippen molar-refractivity contribution in [2.45, 2.75) is 0 Å². The maximum atomic E-state index is 11.4. The highest BCUT2D eigenvalue weighted by molar-refractivity contribution is 6.31. The van der Waals surface area contributed by atoms with Crippen LogP contribution in [-0.2, 0) is 9.59 Å². The van der Waals surface area contributed by atoms with Gasteiger partial charge >= 0.3 is 11.9 Å². The van der Waals surface area contributed by atoms with Crippen molar-refractivity contribution < 1.29 is 19.1 Å². The second-order valence-corrected chi connectivity index (χ2v) is 3.41. The van der Waals surface area contributed by atoms with E-state index in [-0.39, 0.29) is 12.3 Å². The zero-order chi connectivity index (χ0) is 12.8. The third-order valence-corrected chi connectivity index (χ3v) is 2.07. The van der Waals surface area contributed by atoms with Gasteiger partial charge in [-0.2, -0.15) is 0 Å². The average Bonchev–Trinajstić information content (AvgIpc) is 2.41. The van der Waals surface area contributed by atoms with E-state index < -0.39 is 11.9 Å². The summed E-state index contributed by atoms with van der Waals surface area (Å²) in [6.45, 7) is 0. The summed E-state index contributed by atoms with van der Waals surface area (Å²) >= 11 is 0. The Labute approximate surface area is 116 Å². The van der Waals surface area contributed by atoms with Gasteiger partial charge in [-0.15, -0.1) is 0 Å². The highest BCUT2D eigenvalue weighted by Crippen LogP contribution is 2.11. The molecule has 0 saturated carbocycles. The molecular weight excluding hydrogens is 260 g/mol. The third kappa shape index (κ3) is 4.89. The Bertz CT molecular complexity index is 492. The molecule has 0 fully saturated rings. The van der Waals surface area contributed by atoms with Gasteiger partial charge in [0.1, 0.15) is 11.5 Å². The summed E-state index contributed by atoms with van der Waals surface area (Å²) in [6.07, 6.45) is 0. The van der Waals surface area contributed by atoms with E-state index in [2.05, 4.69) is 0 Å². The fraction of sp³-hybridized carbons (Fsp3) is 0. The minimum absolute atomic E-state index is 0. The first-order chi connectivity index (χ1) is 8.75. The molecule has 0 aliphatic rings. The van der Waals surface area contributed by atoms with Crippen LogP contribution in [0.1, 0.15) is 0 Å². The quantitative estimate of drug-likeness (QED) is 0.493. The lowest BCUT2D eigenvalue weighted by molar-refractivity contribution is -0.156. The van der Waals surface area contributed by atoms with Crippen molar-refractivity contribution in [2.75, 3.05) is 0 Å². The predicted molar refractivity (Wildman–Crippen MR) is 74.2 cm³/mol. The average molecular weight is 276 g/mol. The minimum atomic E-state index is -1.05. The summed E-state index contributed by atoms with van der Waals surface area (Å²) < 4.78 is 9.67. The first-order valence-electron chi connectivity index (χ1n) is 5.30. The Kier molecular flexibility index (Phi) is 7.27. The second-order valence-electron chi connectivity index (χ2n) is 3.41. The van der Waals surface area contributed by atoms with Crippen LogP contribution in [0.2, 0.25) is 0 Å². The normalized spacial score (nSPS) is 8.60. The van der Waals surface area contributed by atoms with Gasteiger partial charge < -0.3 is 21.8 Å². The number of rotatable bonds is 2. The van der Waals surface area contributed by atoms with Gasteiger partial charge in [0.15, 0.2) is 0 Å². The smallest absolute Gasteiger partial charge is 0.418 e. The Morgan fingerprint density at radius 2 is 0.900 bits per heavy atom. The predicted octanol–water partition coefficient (Wildman–Crippen LogP) is 2.52. The van der Waals surface area contributed by atoms with Gasteiger partial charge in [0.05, 0.1) is 0 Å². The molecule has 0 saturated heterocycles. The van der Waals surface area contributed by atoms with Gasteiger partial charge in [-0.05, 0) is 24.3 Å². The molecule has 106 valence electrons. The van der Waals surface area contributed by atoms with E-state index in [9.17, 15) is 9.59 Å². The van der Waals surface area contributed by atoms with Crippen molar-refractivity contribution in [3.8, 4) is 11.5 Å². The first kappa shape index (κ1) is 17.3. The minimum Gasteiger partial charge on any atom is -0.418 e. The van der Waals surface area contributed by atoms with Crippen molar-refractivity contribution in [2.24, 2.45) is 0 Å². The number of benzene rings is 2. The fourth-order valence-corrected chi connectivity index (χ4v) is 1.27. The third-order valence-electron chi connectivity index (χ3n) is 2.07. The summed E-state index contributed by atoms with van der Waals surface area (Å²) in [4.78, 5) is 22.8. The molecule has 0 atom stereocenters. The molecule has 0 spiro atoms. The molecule has 0 amide bonds. The number of ether oxygens (including phenoxy) is 2. The number of hydrogen-bond acceptors (Lipinski definition) is 6. The van der Waals surface area contributed by atoms with Gasteiger partial charge in [0.25, 0.3) is 0 Å². The molecule has 0 heterocycles. The molecule has 2 rings (SSSR count). The summed E-state index contributed by atoms with van der Waals surface area (Å²) in [5.74, 6) is -1.50. The summed E-state index contributed by atoms with van der Waals surface area (Å²) in [5, 5.41) is 0. The summed E-state index contributed by atoms with van der Waals surface area (Å²) in [6, 6.07) is 16.7. The zero-order valence-electron chi connectivity index (χ0n) is 10.8. The standard InChI is InChI=1S/C14H10O4.2H3N/c15-13(17-11-7-3-1-4-8-11)14(16)18-12-9-5-2-6-10-12;;/h1-10H;2*1H3. The Hall–Kier alpha value is -2.70. The molecule has 20 heavy (non-hydrogen) atoms. The topological polar surface area (TPSA) is 123 Å². The van der Waals surface area contributed by atoms with Crippen molar-refractivity contribution in [1.82, 2.24) is 12.3 Å². The molecule has 2 aromatic carbocycles. The van der Waals surface area contributed by atoms with Gasteiger partial charge in [-0.3, -0.25) is 0 Å². The van der Waals surface area contributed by atoms with Crippen LogP contribution >= 0.6 is 0 Å². The van der Waals surface area contributed by atoms with E-state index in [1.807, 2.05) is 0 Å². The van der Waals surface area contributed by atoms with Crippen LogP contribution in [0.3, 0.4) is 0 Å². The SMILES string of the molecule is N.N.O=C(Oc1ccccc1)C(=O)Oc1ccccc1. The molecule has 0 aliphatic carbocycles. The van der Waals surface area contributed by atoms with E-state index >= 15 is 0 Å². The van der Waals surface area contributed by atoms with Crippen LogP contribution in [0.25, 0.3) is 0 Å². The molecule has 6 N–H and O–H groups in total. The van der Waals surface area contributed by atoms with Crippen LogP contribution in [-0.4, -0.2) is 11.9 Å². The van der Waals surface area contributed by atoms with Gasteiger partial charge in [0.2, 0.25) is 0 Å². The van der Waals surface area contributed by atoms with E-state index in [1.165, 1.54) is 0 Å². The van der Waals surface area contributed by atoms with Crippen LogP contribution in [0, 0.1) is 0 Å². The van der Waals surface area contributed by atoms with Crippen molar-refractivity contribution in [1.29, 1.82) is 0 Å². The number of esters is 2. The Morgan fingerprint density at radius 3 is 1.20 bits per heavy atom. The van der Waals surface area contributed by atoms with Crippen molar-refractivity contribution in [3.05, 3.63) is 60.7 Å². The molecule has 6 heteroatoms. The molecule has 0 aromatic heterocycles. The highest BCUT2D eigenvalue weighted by atomic mass is 16.6. The first-order valence-corrected chi connectivity index (χ1v) is 5.30. The van der Waals surface area contributed by atoms with Crippen LogP contribution in [0.5, 0.6) is 11.5 Å². The number of para-hydroxylation sites is 2. The second kappa shape index (κ2) is 8.41. The van der Waals surface area contributed by atoms with E-state index in [0.29, 0.717) is 11.5 Å². The van der Waals surface area contributed by atoms with Crippen molar-refractivity contribution in [3.63, 3.8) is 0 Å². The lowest BCUT2D eigenvalue weighted by Gasteiger charge is -2.04. The zero-order valence-corrected chi connectivity index (χ0v) is 10.8. The molecule has 0 radical (unpaired) electrons. The monoisotopic (exact) mass is 276 g/mol. The van der Waals surface area contributed by atoms with Crippen LogP contribution in [0.15, 0.2) is 60.7 Å². The van der Waals surface area contributed by atoms with E-state index in [0.717, 1.165) is 0 Å². The molecule has 6 nitrogen and oxygen atoms in total. The van der Waals surface area contributed by atoms with E-state index in [1.54, 1.807) is 60.7 Å². The molecule has 0 bridgehead atoms. The highest BCUT2D eigenvalue weighted by Gasteiger charge is 2.18. The van der Waals surface area contributed by atoms with Gasteiger partial charge in [-0.1, -0.05) is 36.4 Å². The van der Waals surface area contributed by atoms with Gasteiger partial charge in [-0.25, -0.2) is 9.59 Å². The number of carbonyl (C=O) groups excluding carboxylic acids is 2. The lowest BCUT2D eigenvalue weighted by Crippen LogP contribution is -2.25.